The summed E-state index contributed by atoms with van der Waals surface area (Å²) in [4.78, 5) is 7.51. The van der Waals surface area contributed by atoms with E-state index in [2.05, 4.69) is 9.97 Å². The van der Waals surface area contributed by atoms with E-state index in [1.165, 1.54) is 11.8 Å². The molecule has 0 atom stereocenters. The molecule has 8 heteroatoms. The number of halogens is 3. The lowest BCUT2D eigenvalue weighted by Crippen LogP contribution is -2.56. The molecule has 0 radical (unpaired) electrons. The molecule has 1 aliphatic heterocycles. The minimum Gasteiger partial charge on any atom is -0.474 e. The fourth-order valence-corrected chi connectivity index (χ4v) is 2.84. The van der Waals surface area contributed by atoms with Crippen LogP contribution in [0.15, 0.2) is 11.4 Å². The minimum absolute atomic E-state index is 0.137. The summed E-state index contributed by atoms with van der Waals surface area (Å²) in [6, 6.07) is 0. The van der Waals surface area contributed by atoms with E-state index >= 15 is 0 Å². The van der Waals surface area contributed by atoms with Gasteiger partial charge in [-0.15, -0.1) is 0 Å². The van der Waals surface area contributed by atoms with E-state index in [9.17, 15) is 13.2 Å². The molecule has 4 nitrogen and oxygen atoms in total. The maximum absolute atomic E-state index is 12.9. The molecule has 1 saturated carbocycles. The Balaban J connectivity index is 1.76. The number of hydrogen-bond donors (Lipinski definition) is 0. The van der Waals surface area contributed by atoms with E-state index in [1.807, 2.05) is 0 Å². The zero-order chi connectivity index (χ0) is 14.4. The molecule has 0 unspecified atom stereocenters. The van der Waals surface area contributed by atoms with Crippen molar-refractivity contribution < 1.29 is 22.6 Å². The smallest absolute Gasteiger partial charge is 0.423 e. The topological polar surface area (TPSA) is 44.2 Å². The molecule has 1 aromatic rings. The largest absolute Gasteiger partial charge is 0.474 e. The van der Waals surface area contributed by atoms with Gasteiger partial charge in [-0.1, -0.05) is 11.8 Å². The van der Waals surface area contributed by atoms with Crippen LogP contribution in [0.1, 0.15) is 18.4 Å². The van der Waals surface area contributed by atoms with Crippen molar-refractivity contribution in [3.8, 4) is 5.88 Å². The number of aromatic nitrogens is 2. The van der Waals surface area contributed by atoms with Crippen LogP contribution in [0, 0.1) is 5.41 Å². The van der Waals surface area contributed by atoms with Gasteiger partial charge >= 0.3 is 6.18 Å². The van der Waals surface area contributed by atoms with Crippen LogP contribution in [0.5, 0.6) is 5.88 Å². The van der Waals surface area contributed by atoms with Gasteiger partial charge in [0.15, 0.2) is 5.16 Å². The quantitative estimate of drug-likeness (QED) is 0.634. The first kappa shape index (κ1) is 13.9. The van der Waals surface area contributed by atoms with Gasteiger partial charge in [0, 0.05) is 11.6 Å². The fraction of sp³-hybridized carbons (Fsp3) is 0.667. The third-order valence-electron chi connectivity index (χ3n) is 3.64. The van der Waals surface area contributed by atoms with Crippen LogP contribution in [0.2, 0.25) is 0 Å². The Morgan fingerprint density at radius 3 is 2.60 bits per heavy atom. The van der Waals surface area contributed by atoms with E-state index in [0.29, 0.717) is 13.2 Å². The second-order valence-electron chi connectivity index (χ2n) is 5.21. The molecule has 1 aromatic heterocycles. The average Bonchev–Trinajstić information content (AvgIpc) is 2.29. The highest BCUT2D eigenvalue weighted by atomic mass is 32.2. The van der Waals surface area contributed by atoms with Crippen LogP contribution in [0.3, 0.4) is 0 Å². The van der Waals surface area contributed by atoms with Crippen LogP contribution >= 0.6 is 11.8 Å². The molecule has 110 valence electrons. The summed E-state index contributed by atoms with van der Waals surface area (Å²) in [5, 5.41) is 0.272. The molecule has 2 heterocycles. The third kappa shape index (κ3) is 2.46. The van der Waals surface area contributed by atoms with Gasteiger partial charge in [-0.2, -0.15) is 18.2 Å². The maximum atomic E-state index is 12.9. The second kappa shape index (κ2) is 4.77. The van der Waals surface area contributed by atoms with Crippen LogP contribution in [0.25, 0.3) is 0 Å². The minimum atomic E-state index is -4.51. The summed E-state index contributed by atoms with van der Waals surface area (Å²) in [5.74, 6) is -0.364. The van der Waals surface area contributed by atoms with Crippen LogP contribution < -0.4 is 4.74 Å². The van der Waals surface area contributed by atoms with Crippen molar-refractivity contribution in [1.29, 1.82) is 0 Å². The van der Waals surface area contributed by atoms with Gasteiger partial charge in [0.2, 0.25) is 5.88 Å². The zero-order valence-electron chi connectivity index (χ0n) is 10.7. The molecule has 0 aromatic carbocycles. The van der Waals surface area contributed by atoms with E-state index in [4.69, 9.17) is 9.47 Å². The average molecular weight is 306 g/mol. The number of nitrogens with zero attached hydrogens (tertiary/aromatic N) is 2. The van der Waals surface area contributed by atoms with Crippen LogP contribution in [-0.4, -0.2) is 35.5 Å². The van der Waals surface area contributed by atoms with Crippen molar-refractivity contribution in [2.75, 3.05) is 19.5 Å². The molecule has 0 N–H and O–H groups in total. The molecule has 2 fully saturated rings. The number of thioether (sulfide) groups is 1. The van der Waals surface area contributed by atoms with Gasteiger partial charge in [0.1, 0.15) is 11.7 Å². The lowest BCUT2D eigenvalue weighted by Gasteiger charge is -2.52. The van der Waals surface area contributed by atoms with Gasteiger partial charge in [0.25, 0.3) is 0 Å². The summed E-state index contributed by atoms with van der Waals surface area (Å²) in [5.41, 5.74) is -0.778. The summed E-state index contributed by atoms with van der Waals surface area (Å²) in [7, 11) is 0. The van der Waals surface area contributed by atoms with E-state index in [1.54, 1.807) is 6.26 Å². The highest BCUT2D eigenvalue weighted by Crippen LogP contribution is 2.49. The molecule has 2 aliphatic rings. The van der Waals surface area contributed by atoms with Crippen molar-refractivity contribution in [2.24, 2.45) is 5.41 Å². The lowest BCUT2D eigenvalue weighted by molar-refractivity contribution is -0.193. The van der Waals surface area contributed by atoms with Crippen molar-refractivity contribution in [1.82, 2.24) is 9.97 Å². The fourth-order valence-electron chi connectivity index (χ4n) is 2.51. The highest BCUT2D eigenvalue weighted by molar-refractivity contribution is 7.98. The first-order chi connectivity index (χ1) is 9.42. The van der Waals surface area contributed by atoms with Crippen molar-refractivity contribution in [2.45, 2.75) is 30.3 Å². The summed E-state index contributed by atoms with van der Waals surface area (Å²) in [6.45, 7) is 1.36. The standard InChI is InChI=1S/C12H13F3N2O2S/c1-20-10-16-4-8(12(13,14)15)9(17-10)19-7-2-11(3-7)5-18-6-11/h4,7H,2-3,5-6H2,1H3. The Bertz CT molecular complexity index is 512. The molecular weight excluding hydrogens is 293 g/mol. The van der Waals surface area contributed by atoms with Gasteiger partial charge in [0.05, 0.1) is 13.2 Å². The van der Waals surface area contributed by atoms with E-state index in [0.717, 1.165) is 19.0 Å². The lowest BCUT2D eigenvalue weighted by atomic mass is 9.65. The molecular formula is C12H13F3N2O2S. The summed E-state index contributed by atoms with van der Waals surface area (Å²) < 4.78 is 49.3. The van der Waals surface area contributed by atoms with Crippen molar-refractivity contribution in [3.63, 3.8) is 0 Å². The third-order valence-corrected chi connectivity index (χ3v) is 4.20. The first-order valence-corrected chi connectivity index (χ1v) is 7.37. The molecule has 1 spiro atoms. The summed E-state index contributed by atoms with van der Waals surface area (Å²) in [6.07, 6.45) is -0.783. The van der Waals surface area contributed by atoms with Crippen LogP contribution in [0.4, 0.5) is 13.2 Å². The molecule has 1 saturated heterocycles. The maximum Gasteiger partial charge on any atom is 0.423 e. The van der Waals surface area contributed by atoms with Gasteiger partial charge in [-0.25, -0.2) is 4.98 Å². The number of hydrogen-bond acceptors (Lipinski definition) is 5. The number of ether oxygens (including phenoxy) is 2. The molecule has 3 rings (SSSR count). The Labute approximate surface area is 118 Å². The van der Waals surface area contributed by atoms with Gasteiger partial charge in [-0.3, -0.25) is 0 Å². The Morgan fingerprint density at radius 2 is 2.10 bits per heavy atom. The predicted molar refractivity (Wildman–Crippen MR) is 65.7 cm³/mol. The predicted octanol–water partition coefficient (Wildman–Crippen LogP) is 2.78. The van der Waals surface area contributed by atoms with Crippen LogP contribution in [-0.2, 0) is 10.9 Å². The second-order valence-corrected chi connectivity index (χ2v) is 5.99. The Hall–Kier alpha value is -1.02. The summed E-state index contributed by atoms with van der Waals surface area (Å²) >= 11 is 1.18. The van der Waals surface area contributed by atoms with E-state index < -0.39 is 11.7 Å². The molecule has 0 amide bonds. The van der Waals surface area contributed by atoms with Crippen molar-refractivity contribution >= 4 is 11.8 Å². The molecule has 0 bridgehead atoms. The SMILES string of the molecule is CSc1ncc(C(F)(F)F)c(OC2CC3(COC3)C2)n1. The van der Waals surface area contributed by atoms with Crippen molar-refractivity contribution in [3.05, 3.63) is 11.8 Å². The highest BCUT2D eigenvalue weighted by Gasteiger charge is 2.51. The van der Waals surface area contributed by atoms with Gasteiger partial charge < -0.3 is 9.47 Å². The molecule has 20 heavy (non-hydrogen) atoms. The molecule has 1 aliphatic carbocycles. The number of alkyl halides is 3. The van der Waals surface area contributed by atoms with Gasteiger partial charge in [-0.05, 0) is 19.1 Å². The Morgan fingerprint density at radius 1 is 1.40 bits per heavy atom. The first-order valence-electron chi connectivity index (χ1n) is 6.14. The van der Waals surface area contributed by atoms with E-state index in [-0.39, 0.29) is 22.6 Å². The Kier molecular flexibility index (Phi) is 3.32. The normalized spacial score (nSPS) is 21.4. The zero-order valence-corrected chi connectivity index (χ0v) is 11.6. The monoisotopic (exact) mass is 306 g/mol. The number of rotatable bonds is 3.